The van der Waals surface area contributed by atoms with Gasteiger partial charge in [0.2, 0.25) is 11.7 Å². The molecule has 0 unspecified atom stereocenters. The number of rotatable bonds is 2. The third-order valence-electron chi connectivity index (χ3n) is 3.86. The van der Waals surface area contributed by atoms with Gasteiger partial charge in [0, 0.05) is 31.0 Å². The SMILES string of the molecule is Cc1ccc(-c2nc(N3CCOCC3)nc3nccn23)cc1. The lowest BCUT2D eigenvalue weighted by molar-refractivity contribution is 0.122. The van der Waals surface area contributed by atoms with E-state index < -0.39 is 0 Å². The minimum atomic E-state index is 0.673. The Bertz CT molecular complexity index is 790. The number of benzene rings is 1. The third-order valence-corrected chi connectivity index (χ3v) is 3.86. The Balaban J connectivity index is 1.85. The molecular formula is C16H17N5O. The number of aromatic nitrogens is 4. The fourth-order valence-electron chi connectivity index (χ4n) is 2.62. The second-order valence-corrected chi connectivity index (χ2v) is 5.41. The van der Waals surface area contributed by atoms with Crippen molar-refractivity contribution in [3.63, 3.8) is 0 Å². The van der Waals surface area contributed by atoms with E-state index in [1.165, 1.54) is 5.56 Å². The first-order valence-electron chi connectivity index (χ1n) is 7.42. The average molecular weight is 295 g/mol. The second-order valence-electron chi connectivity index (χ2n) is 5.41. The lowest BCUT2D eigenvalue weighted by Crippen LogP contribution is -2.37. The number of fused-ring (bicyclic) bond motifs is 1. The van der Waals surface area contributed by atoms with Crippen molar-refractivity contribution in [2.75, 3.05) is 31.2 Å². The van der Waals surface area contributed by atoms with Crippen molar-refractivity contribution in [3.05, 3.63) is 42.2 Å². The molecule has 1 aliphatic heterocycles. The normalized spacial score (nSPS) is 15.4. The number of hydrogen-bond donors (Lipinski definition) is 0. The van der Waals surface area contributed by atoms with E-state index in [4.69, 9.17) is 9.72 Å². The second kappa shape index (κ2) is 5.38. The zero-order valence-electron chi connectivity index (χ0n) is 12.4. The molecule has 0 amide bonds. The van der Waals surface area contributed by atoms with Gasteiger partial charge in [0.05, 0.1) is 13.2 Å². The minimum Gasteiger partial charge on any atom is -0.378 e. The van der Waals surface area contributed by atoms with E-state index in [0.29, 0.717) is 19.0 Å². The molecule has 6 heteroatoms. The fraction of sp³-hybridized carbons (Fsp3) is 0.312. The summed E-state index contributed by atoms with van der Waals surface area (Å²) in [6, 6.07) is 8.35. The Morgan fingerprint density at radius 3 is 2.59 bits per heavy atom. The molecule has 22 heavy (non-hydrogen) atoms. The van der Waals surface area contributed by atoms with Crippen LogP contribution in [0.4, 0.5) is 5.95 Å². The maximum atomic E-state index is 5.40. The van der Waals surface area contributed by atoms with Crippen LogP contribution in [0.3, 0.4) is 0 Å². The van der Waals surface area contributed by atoms with Crippen molar-refractivity contribution in [3.8, 4) is 11.4 Å². The van der Waals surface area contributed by atoms with E-state index in [9.17, 15) is 0 Å². The Morgan fingerprint density at radius 2 is 1.82 bits per heavy atom. The predicted molar refractivity (Wildman–Crippen MR) is 84.0 cm³/mol. The number of nitrogens with zero attached hydrogens (tertiary/aromatic N) is 5. The first-order chi connectivity index (χ1) is 10.8. The minimum absolute atomic E-state index is 0.673. The summed E-state index contributed by atoms with van der Waals surface area (Å²) in [4.78, 5) is 15.8. The van der Waals surface area contributed by atoms with Gasteiger partial charge in [-0.1, -0.05) is 29.8 Å². The van der Waals surface area contributed by atoms with Crippen LogP contribution >= 0.6 is 0 Å². The molecule has 0 atom stereocenters. The van der Waals surface area contributed by atoms with Crippen molar-refractivity contribution in [2.45, 2.75) is 6.92 Å². The van der Waals surface area contributed by atoms with E-state index in [-0.39, 0.29) is 0 Å². The lowest BCUT2D eigenvalue weighted by Gasteiger charge is -2.27. The molecule has 0 N–H and O–H groups in total. The summed E-state index contributed by atoms with van der Waals surface area (Å²) in [6.45, 7) is 5.12. The van der Waals surface area contributed by atoms with Gasteiger partial charge in [0.25, 0.3) is 0 Å². The van der Waals surface area contributed by atoms with Gasteiger partial charge in [-0.25, -0.2) is 4.98 Å². The van der Waals surface area contributed by atoms with Gasteiger partial charge in [-0.15, -0.1) is 0 Å². The van der Waals surface area contributed by atoms with Gasteiger partial charge in [-0.2, -0.15) is 9.97 Å². The molecule has 1 aliphatic rings. The zero-order chi connectivity index (χ0) is 14.9. The highest BCUT2D eigenvalue weighted by atomic mass is 16.5. The number of morpholine rings is 1. The van der Waals surface area contributed by atoms with Crippen LogP contribution in [0.25, 0.3) is 17.2 Å². The van der Waals surface area contributed by atoms with Gasteiger partial charge in [-0.3, -0.25) is 4.40 Å². The van der Waals surface area contributed by atoms with Crippen LogP contribution in [0.2, 0.25) is 0 Å². The molecule has 2 aromatic heterocycles. The van der Waals surface area contributed by atoms with Gasteiger partial charge < -0.3 is 9.64 Å². The monoisotopic (exact) mass is 295 g/mol. The highest BCUT2D eigenvalue weighted by molar-refractivity contribution is 5.60. The van der Waals surface area contributed by atoms with Crippen molar-refractivity contribution in [1.29, 1.82) is 0 Å². The molecule has 1 saturated heterocycles. The van der Waals surface area contributed by atoms with E-state index >= 15 is 0 Å². The highest BCUT2D eigenvalue weighted by Crippen LogP contribution is 2.21. The summed E-state index contributed by atoms with van der Waals surface area (Å²) in [7, 11) is 0. The number of imidazole rings is 1. The van der Waals surface area contributed by atoms with Crippen LogP contribution in [0, 0.1) is 6.92 Å². The molecular weight excluding hydrogens is 278 g/mol. The van der Waals surface area contributed by atoms with Crippen molar-refractivity contribution < 1.29 is 4.74 Å². The van der Waals surface area contributed by atoms with Crippen molar-refractivity contribution >= 4 is 11.7 Å². The van der Waals surface area contributed by atoms with Crippen molar-refractivity contribution in [1.82, 2.24) is 19.4 Å². The van der Waals surface area contributed by atoms with Gasteiger partial charge in [0.1, 0.15) is 0 Å². The van der Waals surface area contributed by atoms with Crippen LogP contribution in [-0.4, -0.2) is 45.7 Å². The summed E-state index contributed by atoms with van der Waals surface area (Å²) in [5.74, 6) is 2.26. The molecule has 6 nitrogen and oxygen atoms in total. The largest absolute Gasteiger partial charge is 0.378 e. The Kier molecular flexibility index (Phi) is 3.23. The Morgan fingerprint density at radius 1 is 1.05 bits per heavy atom. The standard InChI is InChI=1S/C16H17N5O/c1-12-2-4-13(5-3-12)14-18-16(20-8-10-22-11-9-20)19-15-17-6-7-21(14)15/h2-7H,8-11H2,1H3. The summed E-state index contributed by atoms with van der Waals surface area (Å²) in [5, 5.41) is 0. The molecule has 3 aromatic rings. The number of aryl methyl sites for hydroxylation is 1. The van der Waals surface area contributed by atoms with Crippen LogP contribution in [0.15, 0.2) is 36.7 Å². The average Bonchev–Trinajstić information content (AvgIpc) is 3.04. The van der Waals surface area contributed by atoms with Crippen LogP contribution < -0.4 is 4.90 Å². The Labute approximate surface area is 128 Å². The molecule has 3 heterocycles. The molecule has 1 aromatic carbocycles. The van der Waals surface area contributed by atoms with Crippen LogP contribution in [-0.2, 0) is 4.74 Å². The predicted octanol–water partition coefficient (Wildman–Crippen LogP) is 1.94. The number of anilines is 1. The van der Waals surface area contributed by atoms with E-state index in [0.717, 1.165) is 30.4 Å². The van der Waals surface area contributed by atoms with Crippen molar-refractivity contribution in [2.24, 2.45) is 0 Å². The number of hydrogen-bond acceptors (Lipinski definition) is 5. The van der Waals surface area contributed by atoms with Gasteiger partial charge in [-0.05, 0) is 6.92 Å². The molecule has 0 aliphatic carbocycles. The van der Waals surface area contributed by atoms with Gasteiger partial charge >= 0.3 is 0 Å². The molecule has 1 fully saturated rings. The summed E-state index contributed by atoms with van der Waals surface area (Å²) in [6.07, 6.45) is 3.65. The molecule has 0 spiro atoms. The Hall–Kier alpha value is -2.47. The summed E-state index contributed by atoms with van der Waals surface area (Å²) in [5.41, 5.74) is 2.29. The quantitative estimate of drug-likeness (QED) is 0.723. The maximum Gasteiger partial charge on any atom is 0.238 e. The van der Waals surface area contributed by atoms with E-state index in [1.54, 1.807) is 6.20 Å². The zero-order valence-corrected chi connectivity index (χ0v) is 12.4. The molecule has 0 radical (unpaired) electrons. The molecule has 112 valence electrons. The topological polar surface area (TPSA) is 55.5 Å². The smallest absolute Gasteiger partial charge is 0.238 e. The fourth-order valence-corrected chi connectivity index (χ4v) is 2.62. The van der Waals surface area contributed by atoms with Gasteiger partial charge in [0.15, 0.2) is 5.82 Å². The van der Waals surface area contributed by atoms with E-state index in [1.807, 2.05) is 10.6 Å². The number of ether oxygens (including phenoxy) is 1. The molecule has 4 rings (SSSR count). The van der Waals surface area contributed by atoms with E-state index in [2.05, 4.69) is 46.1 Å². The third kappa shape index (κ3) is 2.31. The first kappa shape index (κ1) is 13.2. The molecule has 0 bridgehead atoms. The van der Waals surface area contributed by atoms with Crippen LogP contribution in [0.5, 0.6) is 0 Å². The first-order valence-corrected chi connectivity index (χ1v) is 7.42. The van der Waals surface area contributed by atoms with Crippen LogP contribution in [0.1, 0.15) is 5.56 Å². The summed E-state index contributed by atoms with van der Waals surface area (Å²) >= 11 is 0. The summed E-state index contributed by atoms with van der Waals surface area (Å²) < 4.78 is 7.33. The highest BCUT2D eigenvalue weighted by Gasteiger charge is 2.17. The maximum absolute atomic E-state index is 5.40. The molecule has 0 saturated carbocycles. The lowest BCUT2D eigenvalue weighted by atomic mass is 10.1.